The van der Waals surface area contributed by atoms with E-state index < -0.39 is 40.0 Å². The van der Waals surface area contributed by atoms with E-state index in [0.717, 1.165) is 12.8 Å². The molecule has 0 aromatic heterocycles. The maximum absolute atomic E-state index is 12.1. The normalized spacial score (nSPS) is 12.0. The average molecular weight is 252 g/mol. The van der Waals surface area contributed by atoms with Gasteiger partial charge in [0.05, 0.1) is 6.61 Å². The predicted molar refractivity (Wildman–Crippen MR) is 54.3 cm³/mol. The highest BCUT2D eigenvalue weighted by atomic mass is 32.3. The lowest BCUT2D eigenvalue weighted by Crippen LogP contribution is -2.16. The first-order valence-corrected chi connectivity index (χ1v) is 5.93. The van der Waals surface area contributed by atoms with Crippen LogP contribution in [0, 0.1) is 0 Å². The highest BCUT2D eigenvalue weighted by Gasteiger charge is 2.38. The van der Waals surface area contributed by atoms with Crippen LogP contribution in [0.3, 0.4) is 0 Å². The van der Waals surface area contributed by atoms with E-state index in [0.29, 0.717) is 6.42 Å². The second-order valence-corrected chi connectivity index (χ2v) is 5.25. The van der Waals surface area contributed by atoms with Gasteiger partial charge >= 0.3 is 0 Å². The predicted octanol–water partition coefficient (Wildman–Crippen LogP) is 4.66. The van der Waals surface area contributed by atoms with Crippen molar-refractivity contribution in [2.24, 2.45) is 0 Å². The Morgan fingerprint density at radius 1 is 1.08 bits per heavy atom. The minimum absolute atomic E-state index is 0.165. The van der Waals surface area contributed by atoms with Crippen LogP contribution in [0.4, 0.5) is 11.7 Å². The molecule has 0 atom stereocenters. The minimum atomic E-state index is -2.08. The van der Waals surface area contributed by atoms with Gasteiger partial charge in [0, 0.05) is 0 Å². The molecule has 0 heterocycles. The van der Waals surface area contributed by atoms with Gasteiger partial charge in [0.1, 0.15) is 36.4 Å². The Kier molecular flexibility index (Phi) is 8.64. The third-order valence-corrected chi connectivity index (χ3v) is 3.36. The van der Waals surface area contributed by atoms with Gasteiger partial charge in [-0.25, -0.2) is 0 Å². The van der Waals surface area contributed by atoms with Gasteiger partial charge in [-0.3, -0.25) is 0 Å². The summed E-state index contributed by atoms with van der Waals surface area (Å²) in [6.45, 7) is 2.16. The summed E-state index contributed by atoms with van der Waals surface area (Å²) in [4.78, 5) is 0. The second kappa shape index (κ2) is 8.14. The standard InChI is InChI=1S/C6H11F3OS3/c1-2-3-4-5-10-6(11-7,12-8)13-9/h2-5H2,1H3. The third kappa shape index (κ3) is 5.29. The lowest BCUT2D eigenvalue weighted by molar-refractivity contribution is 0.134. The van der Waals surface area contributed by atoms with Gasteiger partial charge in [0.25, 0.3) is 3.60 Å². The molecular formula is C6H11F3OS3. The Balaban J connectivity index is 3.68. The van der Waals surface area contributed by atoms with Crippen LogP contribution >= 0.6 is 36.4 Å². The van der Waals surface area contributed by atoms with E-state index in [1.54, 1.807) is 0 Å². The van der Waals surface area contributed by atoms with E-state index >= 15 is 0 Å². The number of ether oxygens (including phenoxy) is 1. The van der Waals surface area contributed by atoms with Crippen molar-refractivity contribution >= 4 is 36.4 Å². The summed E-state index contributed by atoms with van der Waals surface area (Å²) < 4.78 is 38.9. The topological polar surface area (TPSA) is 9.23 Å². The molecule has 0 aromatic carbocycles. The van der Waals surface area contributed by atoms with E-state index in [9.17, 15) is 11.7 Å². The molecule has 0 spiro atoms. The van der Waals surface area contributed by atoms with Crippen molar-refractivity contribution in [2.75, 3.05) is 6.61 Å². The molecule has 0 saturated heterocycles. The molecule has 80 valence electrons. The first kappa shape index (κ1) is 13.8. The molecule has 0 bridgehead atoms. The van der Waals surface area contributed by atoms with Gasteiger partial charge < -0.3 is 4.74 Å². The number of hydrogen-bond donors (Lipinski definition) is 0. The molecule has 0 aliphatic carbocycles. The van der Waals surface area contributed by atoms with Crippen LogP contribution < -0.4 is 0 Å². The van der Waals surface area contributed by atoms with Gasteiger partial charge in [0.2, 0.25) is 0 Å². The fourth-order valence-electron chi connectivity index (χ4n) is 0.652. The summed E-state index contributed by atoms with van der Waals surface area (Å²) in [5.74, 6) is 0. The molecule has 0 aromatic rings. The molecule has 13 heavy (non-hydrogen) atoms. The zero-order valence-corrected chi connectivity index (χ0v) is 9.54. The average Bonchev–Trinajstić information content (AvgIpc) is 2.20. The minimum Gasteiger partial charge on any atom is -0.341 e. The monoisotopic (exact) mass is 252 g/mol. The fraction of sp³-hybridized carbons (Fsp3) is 1.00. The smallest absolute Gasteiger partial charge is 0.299 e. The van der Waals surface area contributed by atoms with E-state index in [1.807, 2.05) is 6.92 Å². The van der Waals surface area contributed by atoms with Crippen LogP contribution in [0.2, 0.25) is 0 Å². The highest BCUT2D eigenvalue weighted by Crippen LogP contribution is 2.49. The van der Waals surface area contributed by atoms with Gasteiger partial charge in [-0.15, -0.1) is 0 Å². The molecule has 0 radical (unpaired) electrons. The molecule has 7 heteroatoms. The molecule has 0 aliphatic heterocycles. The zero-order chi connectivity index (χ0) is 10.2. The molecular weight excluding hydrogens is 241 g/mol. The largest absolute Gasteiger partial charge is 0.341 e. The molecule has 0 saturated carbocycles. The van der Waals surface area contributed by atoms with Crippen molar-refractivity contribution in [3.8, 4) is 0 Å². The molecule has 1 nitrogen and oxygen atoms in total. The summed E-state index contributed by atoms with van der Waals surface area (Å²) >= 11 is -1.41. The van der Waals surface area contributed by atoms with E-state index in [2.05, 4.69) is 0 Å². The number of rotatable bonds is 8. The van der Waals surface area contributed by atoms with Crippen molar-refractivity contribution in [3.63, 3.8) is 0 Å². The maximum Gasteiger partial charge on any atom is 0.299 e. The lowest BCUT2D eigenvalue weighted by atomic mass is 10.3. The second-order valence-electron chi connectivity index (χ2n) is 2.29. The van der Waals surface area contributed by atoms with Crippen molar-refractivity contribution in [1.29, 1.82) is 0 Å². The van der Waals surface area contributed by atoms with Gasteiger partial charge in [0.15, 0.2) is 0 Å². The van der Waals surface area contributed by atoms with E-state index in [4.69, 9.17) is 4.74 Å². The SMILES string of the molecule is CCCCCOC(SF)(SF)SF. The van der Waals surface area contributed by atoms with Crippen LogP contribution in [0.15, 0.2) is 0 Å². The van der Waals surface area contributed by atoms with Crippen molar-refractivity contribution in [2.45, 2.75) is 29.8 Å². The summed E-state index contributed by atoms with van der Waals surface area (Å²) in [7, 11) is 0. The van der Waals surface area contributed by atoms with Crippen LogP contribution in [-0.4, -0.2) is 10.2 Å². The summed E-state index contributed by atoms with van der Waals surface area (Å²) in [6.07, 6.45) is 2.56. The van der Waals surface area contributed by atoms with Crippen molar-refractivity contribution in [1.82, 2.24) is 0 Å². The van der Waals surface area contributed by atoms with Crippen LogP contribution in [0.1, 0.15) is 26.2 Å². The lowest BCUT2D eigenvalue weighted by Gasteiger charge is -2.19. The molecule has 0 amide bonds. The summed E-state index contributed by atoms with van der Waals surface area (Å²) in [5, 5.41) is 0. The Hall–Kier alpha value is 0.800. The Morgan fingerprint density at radius 2 is 1.62 bits per heavy atom. The van der Waals surface area contributed by atoms with E-state index in [-0.39, 0.29) is 6.61 Å². The third-order valence-electron chi connectivity index (χ3n) is 1.31. The van der Waals surface area contributed by atoms with Crippen LogP contribution in [0.5, 0.6) is 0 Å². The zero-order valence-electron chi connectivity index (χ0n) is 7.10. The Labute approximate surface area is 89.4 Å². The number of halogens is 3. The maximum atomic E-state index is 12.1. The molecule has 0 rings (SSSR count). The summed E-state index contributed by atoms with van der Waals surface area (Å²) in [6, 6.07) is 0. The molecule has 0 fully saturated rings. The number of hydrogen-bond acceptors (Lipinski definition) is 4. The number of unbranched alkanes of at least 4 members (excludes halogenated alkanes) is 2. The molecule has 0 aliphatic rings. The molecule has 0 unspecified atom stereocenters. The summed E-state index contributed by atoms with van der Waals surface area (Å²) in [5.41, 5.74) is 0. The Morgan fingerprint density at radius 3 is 2.00 bits per heavy atom. The van der Waals surface area contributed by atoms with Gasteiger partial charge in [-0.05, 0) is 6.42 Å². The van der Waals surface area contributed by atoms with Crippen LogP contribution in [-0.2, 0) is 4.74 Å². The van der Waals surface area contributed by atoms with Gasteiger partial charge in [-0.1, -0.05) is 19.8 Å². The first-order valence-electron chi connectivity index (χ1n) is 3.78. The van der Waals surface area contributed by atoms with Crippen molar-refractivity contribution in [3.05, 3.63) is 0 Å². The van der Waals surface area contributed by atoms with Crippen molar-refractivity contribution < 1.29 is 16.4 Å². The highest BCUT2D eigenvalue weighted by molar-refractivity contribution is 8.29. The van der Waals surface area contributed by atoms with Gasteiger partial charge in [-0.2, -0.15) is 11.7 Å². The van der Waals surface area contributed by atoms with Crippen LogP contribution in [0.25, 0.3) is 0 Å². The quantitative estimate of drug-likeness (QED) is 0.459. The molecule has 0 N–H and O–H groups in total. The fourth-order valence-corrected chi connectivity index (χ4v) is 1.32. The first-order chi connectivity index (χ1) is 6.24. The van der Waals surface area contributed by atoms with E-state index in [1.165, 1.54) is 0 Å². The Bertz CT molecular complexity index is 115.